The second kappa shape index (κ2) is 6.40. The summed E-state index contributed by atoms with van der Waals surface area (Å²) in [5.74, 6) is -0.184. The lowest BCUT2D eigenvalue weighted by Crippen LogP contribution is -2.42. The number of hydrogen-bond acceptors (Lipinski definition) is 3. The lowest BCUT2D eigenvalue weighted by molar-refractivity contribution is -0.142. The number of methoxy groups -OCH3 is 1. The maximum absolute atomic E-state index is 11.6. The van der Waals surface area contributed by atoms with Crippen LogP contribution in [0, 0.1) is 0 Å². The molecule has 0 amide bonds. The molecular weight excluding hydrogens is 214 g/mol. The van der Waals surface area contributed by atoms with Crippen molar-refractivity contribution in [3.05, 3.63) is 35.9 Å². The molecule has 1 aromatic rings. The zero-order valence-corrected chi connectivity index (χ0v) is 10.8. The van der Waals surface area contributed by atoms with Gasteiger partial charge in [0.25, 0.3) is 0 Å². The van der Waals surface area contributed by atoms with Gasteiger partial charge in [-0.2, -0.15) is 0 Å². The maximum atomic E-state index is 11.6. The van der Waals surface area contributed by atoms with Gasteiger partial charge in [-0.15, -0.1) is 0 Å². The molecule has 1 aromatic carbocycles. The van der Waals surface area contributed by atoms with Crippen LogP contribution in [0.4, 0.5) is 0 Å². The molecule has 0 aliphatic rings. The first-order chi connectivity index (χ1) is 8.18. The predicted octanol–water partition coefficient (Wildman–Crippen LogP) is 2.46. The molecule has 0 aliphatic heterocycles. The zero-order valence-electron chi connectivity index (χ0n) is 10.8. The van der Waals surface area contributed by atoms with Gasteiger partial charge in [-0.05, 0) is 19.0 Å². The second-order valence-electron chi connectivity index (χ2n) is 4.20. The van der Waals surface area contributed by atoms with E-state index in [0.29, 0.717) is 6.42 Å². The van der Waals surface area contributed by atoms with Crippen molar-refractivity contribution < 1.29 is 9.53 Å². The molecule has 0 aliphatic carbocycles. The third-order valence-corrected chi connectivity index (χ3v) is 3.16. The average molecular weight is 235 g/mol. The molecule has 94 valence electrons. The summed E-state index contributed by atoms with van der Waals surface area (Å²) in [6.45, 7) is 2.12. The average Bonchev–Trinajstić information content (AvgIpc) is 2.39. The Balaban J connectivity index is 3.04. The van der Waals surface area contributed by atoms with Crippen LogP contribution in [0.3, 0.4) is 0 Å². The third-order valence-electron chi connectivity index (χ3n) is 3.16. The van der Waals surface area contributed by atoms with Gasteiger partial charge in [-0.1, -0.05) is 43.7 Å². The largest absolute Gasteiger partial charge is 0.469 e. The molecule has 3 heteroatoms. The minimum absolute atomic E-state index is 0.184. The van der Waals surface area contributed by atoms with Crippen LogP contribution < -0.4 is 5.32 Å². The highest BCUT2D eigenvalue weighted by Crippen LogP contribution is 2.30. The van der Waals surface area contributed by atoms with Crippen molar-refractivity contribution >= 4 is 5.97 Å². The molecule has 1 atom stereocenters. The standard InChI is InChI=1S/C14H21NO2/c1-4-10-14(15-2,11-13(16)17-3)12-8-6-5-7-9-12/h5-9,15H,4,10-11H2,1-3H3. The number of carbonyl (C=O) groups excluding carboxylic acids is 1. The van der Waals surface area contributed by atoms with Crippen LogP contribution >= 0.6 is 0 Å². The van der Waals surface area contributed by atoms with Crippen molar-refractivity contribution in [3.63, 3.8) is 0 Å². The fourth-order valence-electron chi connectivity index (χ4n) is 2.20. The first-order valence-electron chi connectivity index (χ1n) is 5.99. The summed E-state index contributed by atoms with van der Waals surface area (Å²) in [7, 11) is 3.32. The van der Waals surface area contributed by atoms with E-state index in [1.165, 1.54) is 7.11 Å². The Kier molecular flexibility index (Phi) is 5.16. The number of benzene rings is 1. The Labute approximate surface area is 103 Å². The minimum atomic E-state index is -0.316. The van der Waals surface area contributed by atoms with Gasteiger partial charge in [0.15, 0.2) is 0 Å². The van der Waals surface area contributed by atoms with Crippen molar-refractivity contribution in [2.75, 3.05) is 14.2 Å². The minimum Gasteiger partial charge on any atom is -0.469 e. The summed E-state index contributed by atoms with van der Waals surface area (Å²) >= 11 is 0. The molecule has 1 rings (SSSR count). The van der Waals surface area contributed by atoms with E-state index in [4.69, 9.17) is 4.74 Å². The van der Waals surface area contributed by atoms with Gasteiger partial charge in [0, 0.05) is 0 Å². The lowest BCUT2D eigenvalue weighted by Gasteiger charge is -2.33. The van der Waals surface area contributed by atoms with Crippen LogP contribution in [0.1, 0.15) is 31.7 Å². The van der Waals surface area contributed by atoms with E-state index in [-0.39, 0.29) is 11.5 Å². The number of hydrogen-bond donors (Lipinski definition) is 1. The van der Waals surface area contributed by atoms with Gasteiger partial charge in [-0.25, -0.2) is 0 Å². The fourth-order valence-corrected chi connectivity index (χ4v) is 2.20. The molecule has 0 saturated carbocycles. The molecule has 0 radical (unpaired) electrons. The van der Waals surface area contributed by atoms with Gasteiger partial charge in [0.05, 0.1) is 19.1 Å². The highest BCUT2D eigenvalue weighted by Gasteiger charge is 2.32. The van der Waals surface area contributed by atoms with E-state index < -0.39 is 0 Å². The number of esters is 1. The van der Waals surface area contributed by atoms with Crippen LogP contribution in [0.2, 0.25) is 0 Å². The van der Waals surface area contributed by atoms with Gasteiger partial charge >= 0.3 is 5.97 Å². The molecule has 1 N–H and O–H groups in total. The number of nitrogens with one attached hydrogen (secondary N) is 1. The number of carbonyl (C=O) groups is 1. The Bertz CT molecular complexity index is 350. The van der Waals surface area contributed by atoms with E-state index in [9.17, 15) is 4.79 Å². The predicted molar refractivity (Wildman–Crippen MR) is 68.7 cm³/mol. The Morgan fingerprint density at radius 3 is 2.47 bits per heavy atom. The zero-order chi connectivity index (χ0) is 12.7. The molecule has 0 saturated heterocycles. The van der Waals surface area contributed by atoms with E-state index in [1.807, 2.05) is 25.2 Å². The van der Waals surface area contributed by atoms with Crippen LogP contribution in [0.25, 0.3) is 0 Å². The molecule has 17 heavy (non-hydrogen) atoms. The van der Waals surface area contributed by atoms with E-state index in [0.717, 1.165) is 18.4 Å². The van der Waals surface area contributed by atoms with Gasteiger partial charge in [0.2, 0.25) is 0 Å². The fraction of sp³-hybridized carbons (Fsp3) is 0.500. The molecule has 0 bridgehead atoms. The van der Waals surface area contributed by atoms with Crippen LogP contribution in [0.15, 0.2) is 30.3 Å². The van der Waals surface area contributed by atoms with Crippen molar-refractivity contribution in [2.45, 2.75) is 31.7 Å². The van der Waals surface area contributed by atoms with Crippen molar-refractivity contribution in [1.82, 2.24) is 5.32 Å². The molecular formula is C14H21NO2. The quantitative estimate of drug-likeness (QED) is 0.770. The lowest BCUT2D eigenvalue weighted by atomic mass is 9.83. The molecule has 1 unspecified atom stereocenters. The third kappa shape index (κ3) is 3.30. The van der Waals surface area contributed by atoms with E-state index in [1.54, 1.807) is 0 Å². The normalized spacial score (nSPS) is 14.1. The molecule has 0 heterocycles. The summed E-state index contributed by atoms with van der Waals surface area (Å²) < 4.78 is 4.80. The van der Waals surface area contributed by atoms with Gasteiger partial charge < -0.3 is 10.1 Å². The highest BCUT2D eigenvalue weighted by molar-refractivity contribution is 5.71. The van der Waals surface area contributed by atoms with E-state index >= 15 is 0 Å². The number of rotatable bonds is 6. The van der Waals surface area contributed by atoms with Gasteiger partial charge in [0.1, 0.15) is 0 Å². The monoisotopic (exact) mass is 235 g/mol. The molecule has 0 fully saturated rings. The maximum Gasteiger partial charge on any atom is 0.307 e. The second-order valence-corrected chi connectivity index (χ2v) is 4.20. The highest BCUT2D eigenvalue weighted by atomic mass is 16.5. The summed E-state index contributed by atoms with van der Waals surface area (Å²) in [5, 5.41) is 3.30. The Hall–Kier alpha value is -1.35. The van der Waals surface area contributed by atoms with Crippen molar-refractivity contribution in [1.29, 1.82) is 0 Å². The Morgan fingerprint density at radius 2 is 2.00 bits per heavy atom. The van der Waals surface area contributed by atoms with Crippen molar-refractivity contribution in [2.24, 2.45) is 0 Å². The Morgan fingerprint density at radius 1 is 1.35 bits per heavy atom. The van der Waals surface area contributed by atoms with Crippen molar-refractivity contribution in [3.8, 4) is 0 Å². The smallest absolute Gasteiger partial charge is 0.307 e. The van der Waals surface area contributed by atoms with E-state index in [2.05, 4.69) is 24.4 Å². The van der Waals surface area contributed by atoms with Crippen LogP contribution in [0.5, 0.6) is 0 Å². The molecule has 0 spiro atoms. The SMILES string of the molecule is CCCC(CC(=O)OC)(NC)c1ccccc1. The number of ether oxygens (including phenoxy) is 1. The molecule has 0 aromatic heterocycles. The first-order valence-corrected chi connectivity index (χ1v) is 5.99. The molecule has 3 nitrogen and oxygen atoms in total. The summed E-state index contributed by atoms with van der Waals surface area (Å²) in [5.41, 5.74) is 0.818. The topological polar surface area (TPSA) is 38.3 Å². The van der Waals surface area contributed by atoms with Gasteiger partial charge in [-0.3, -0.25) is 4.79 Å². The first kappa shape index (κ1) is 13.7. The summed E-state index contributed by atoms with van der Waals surface area (Å²) in [6, 6.07) is 10.1. The summed E-state index contributed by atoms with van der Waals surface area (Å²) in [6.07, 6.45) is 2.27. The van der Waals surface area contributed by atoms with Crippen LogP contribution in [-0.2, 0) is 15.1 Å². The van der Waals surface area contributed by atoms with Crippen LogP contribution in [-0.4, -0.2) is 20.1 Å². The summed E-state index contributed by atoms with van der Waals surface area (Å²) in [4.78, 5) is 11.6.